The summed E-state index contributed by atoms with van der Waals surface area (Å²) in [6.45, 7) is 2.03. The van der Waals surface area contributed by atoms with Gasteiger partial charge in [-0.25, -0.2) is 8.42 Å². The monoisotopic (exact) mass is 203 g/mol. The summed E-state index contributed by atoms with van der Waals surface area (Å²) in [5.41, 5.74) is 0. The fraction of sp³-hybridized carbons (Fsp3) is 1.00. The lowest BCUT2D eigenvalue weighted by atomic mass is 10.3. The van der Waals surface area contributed by atoms with E-state index >= 15 is 0 Å². The predicted octanol–water partition coefficient (Wildman–Crippen LogP) is 1.35. The van der Waals surface area contributed by atoms with E-state index < -0.39 is 10.0 Å². The van der Waals surface area contributed by atoms with Gasteiger partial charge < -0.3 is 0 Å². The number of rotatable bonds is 4. The van der Waals surface area contributed by atoms with Crippen LogP contribution in [-0.2, 0) is 10.0 Å². The number of hydrogen-bond donors (Lipinski definition) is 0. The molecule has 0 radical (unpaired) electrons. The topological polar surface area (TPSA) is 37.1 Å². The van der Waals surface area contributed by atoms with E-state index in [0.29, 0.717) is 17.8 Å². The van der Waals surface area contributed by atoms with Crippen LogP contribution < -0.4 is 0 Å². The molecule has 0 amide bonds. The molecule has 76 valence electrons. The molecular formula is C9H17NO2S. The minimum atomic E-state index is -2.88. The van der Waals surface area contributed by atoms with E-state index in [2.05, 4.69) is 0 Å². The summed E-state index contributed by atoms with van der Waals surface area (Å²) >= 11 is 0. The molecule has 4 heteroatoms. The van der Waals surface area contributed by atoms with Crippen molar-refractivity contribution in [3.63, 3.8) is 0 Å². The second-order valence-electron chi connectivity index (χ2n) is 4.07. The molecule has 0 spiro atoms. The number of fused-ring (bicyclic) bond motifs is 1. The fourth-order valence-electron chi connectivity index (χ4n) is 2.33. The largest absolute Gasteiger partial charge is 0.214 e. The maximum Gasteiger partial charge on any atom is 0.214 e. The zero-order chi connectivity index (χ0) is 9.47. The van der Waals surface area contributed by atoms with E-state index in [0.717, 1.165) is 25.7 Å². The van der Waals surface area contributed by atoms with Crippen molar-refractivity contribution in [2.75, 3.05) is 5.75 Å². The summed E-state index contributed by atoms with van der Waals surface area (Å²) in [4.78, 5) is 0. The van der Waals surface area contributed by atoms with Crippen molar-refractivity contribution in [2.24, 2.45) is 0 Å². The van der Waals surface area contributed by atoms with E-state index in [9.17, 15) is 8.42 Å². The van der Waals surface area contributed by atoms with Gasteiger partial charge in [0.2, 0.25) is 10.0 Å². The SMILES string of the molecule is CCCCS(=O)(=O)N1C2CCCC21. The third-order valence-electron chi connectivity index (χ3n) is 3.08. The Kier molecular flexibility index (Phi) is 2.36. The summed E-state index contributed by atoms with van der Waals surface area (Å²) in [5.74, 6) is 0.358. The number of nitrogens with zero attached hydrogens (tertiary/aromatic N) is 1. The molecule has 0 aromatic carbocycles. The Balaban J connectivity index is 1.94. The molecule has 0 N–H and O–H groups in total. The predicted molar refractivity (Wildman–Crippen MR) is 52.0 cm³/mol. The quantitative estimate of drug-likeness (QED) is 0.647. The number of piperidine rings is 1. The van der Waals surface area contributed by atoms with Gasteiger partial charge in [-0.2, -0.15) is 4.31 Å². The van der Waals surface area contributed by atoms with Crippen LogP contribution in [0.15, 0.2) is 0 Å². The van der Waals surface area contributed by atoms with Gasteiger partial charge in [0.1, 0.15) is 0 Å². The Morgan fingerprint density at radius 3 is 2.46 bits per heavy atom. The van der Waals surface area contributed by atoms with Gasteiger partial charge in [-0.05, 0) is 19.3 Å². The molecule has 13 heavy (non-hydrogen) atoms. The summed E-state index contributed by atoms with van der Waals surface area (Å²) < 4.78 is 25.1. The maximum atomic E-state index is 11.7. The van der Waals surface area contributed by atoms with Crippen molar-refractivity contribution in [3.8, 4) is 0 Å². The first-order valence-electron chi connectivity index (χ1n) is 5.18. The molecule has 1 saturated heterocycles. The normalized spacial score (nSPS) is 37.5. The van der Waals surface area contributed by atoms with Crippen molar-refractivity contribution in [2.45, 2.75) is 51.1 Å². The number of hydrogen-bond acceptors (Lipinski definition) is 2. The highest BCUT2D eigenvalue weighted by atomic mass is 32.2. The van der Waals surface area contributed by atoms with E-state index in [1.54, 1.807) is 4.31 Å². The van der Waals surface area contributed by atoms with Crippen molar-refractivity contribution in [3.05, 3.63) is 0 Å². The summed E-state index contributed by atoms with van der Waals surface area (Å²) in [5, 5.41) is 0. The molecule has 1 saturated carbocycles. The molecule has 1 aliphatic carbocycles. The van der Waals surface area contributed by atoms with Crippen LogP contribution in [0.2, 0.25) is 0 Å². The Bertz CT molecular complexity index is 276. The Hall–Kier alpha value is -0.0900. The van der Waals surface area contributed by atoms with Crippen LogP contribution >= 0.6 is 0 Å². The van der Waals surface area contributed by atoms with Crippen molar-refractivity contribution in [1.82, 2.24) is 4.31 Å². The van der Waals surface area contributed by atoms with E-state index in [1.165, 1.54) is 6.42 Å². The lowest BCUT2D eigenvalue weighted by Crippen LogP contribution is -2.20. The summed E-state index contributed by atoms with van der Waals surface area (Å²) in [6, 6.07) is 0.781. The van der Waals surface area contributed by atoms with E-state index in [4.69, 9.17) is 0 Å². The molecule has 2 unspecified atom stereocenters. The van der Waals surface area contributed by atoms with Crippen LogP contribution in [0.5, 0.6) is 0 Å². The second-order valence-corrected chi connectivity index (χ2v) is 6.06. The first-order chi connectivity index (χ1) is 6.17. The molecule has 1 heterocycles. The highest BCUT2D eigenvalue weighted by Crippen LogP contribution is 2.44. The first-order valence-corrected chi connectivity index (χ1v) is 6.79. The minimum Gasteiger partial charge on any atom is -0.212 e. The summed E-state index contributed by atoms with van der Waals surface area (Å²) in [7, 11) is -2.88. The Morgan fingerprint density at radius 1 is 1.31 bits per heavy atom. The minimum absolute atomic E-state index is 0.358. The molecule has 2 atom stereocenters. The van der Waals surface area contributed by atoms with Crippen LogP contribution in [0.25, 0.3) is 0 Å². The molecule has 0 aromatic heterocycles. The van der Waals surface area contributed by atoms with Crippen LogP contribution in [0.1, 0.15) is 39.0 Å². The molecule has 2 fully saturated rings. The Morgan fingerprint density at radius 2 is 1.92 bits per heavy atom. The van der Waals surface area contributed by atoms with Gasteiger partial charge >= 0.3 is 0 Å². The van der Waals surface area contributed by atoms with Gasteiger partial charge in [0, 0.05) is 12.1 Å². The highest BCUT2D eigenvalue weighted by Gasteiger charge is 2.56. The van der Waals surface area contributed by atoms with Crippen LogP contribution in [0, 0.1) is 0 Å². The van der Waals surface area contributed by atoms with Gasteiger partial charge in [-0.15, -0.1) is 0 Å². The lowest BCUT2D eigenvalue weighted by Gasteiger charge is -2.07. The Labute approximate surface area is 80.2 Å². The standard InChI is InChI=1S/C9H17NO2S/c1-2-3-7-13(11,12)10-8-5-4-6-9(8)10/h8-9H,2-7H2,1H3. The van der Waals surface area contributed by atoms with Crippen LogP contribution in [0.3, 0.4) is 0 Å². The molecular weight excluding hydrogens is 186 g/mol. The molecule has 0 aromatic rings. The molecule has 2 aliphatic rings. The average molecular weight is 203 g/mol. The third-order valence-corrected chi connectivity index (χ3v) is 5.07. The smallest absolute Gasteiger partial charge is 0.212 e. The van der Waals surface area contributed by atoms with Gasteiger partial charge in [0.15, 0.2) is 0 Å². The fourth-order valence-corrected chi connectivity index (χ4v) is 4.46. The number of unbranched alkanes of at least 4 members (excludes halogenated alkanes) is 1. The second kappa shape index (κ2) is 3.24. The van der Waals surface area contributed by atoms with Gasteiger partial charge in [0.05, 0.1) is 5.75 Å². The third kappa shape index (κ3) is 1.62. The van der Waals surface area contributed by atoms with E-state index in [1.807, 2.05) is 6.92 Å². The zero-order valence-corrected chi connectivity index (χ0v) is 8.89. The van der Waals surface area contributed by atoms with Crippen LogP contribution in [-0.4, -0.2) is 30.6 Å². The first kappa shape index (κ1) is 9.46. The highest BCUT2D eigenvalue weighted by molar-refractivity contribution is 7.89. The molecule has 1 aliphatic heterocycles. The number of sulfonamides is 1. The lowest BCUT2D eigenvalue weighted by molar-refractivity contribution is 0.515. The molecule has 3 nitrogen and oxygen atoms in total. The average Bonchev–Trinajstić information content (AvgIpc) is 2.61. The van der Waals surface area contributed by atoms with Gasteiger partial charge in [-0.3, -0.25) is 0 Å². The zero-order valence-electron chi connectivity index (χ0n) is 8.07. The molecule has 2 rings (SSSR count). The van der Waals surface area contributed by atoms with Crippen LogP contribution in [0.4, 0.5) is 0 Å². The van der Waals surface area contributed by atoms with E-state index in [-0.39, 0.29) is 0 Å². The van der Waals surface area contributed by atoms with Crippen molar-refractivity contribution < 1.29 is 8.42 Å². The van der Waals surface area contributed by atoms with Crippen molar-refractivity contribution in [1.29, 1.82) is 0 Å². The van der Waals surface area contributed by atoms with Gasteiger partial charge in [0.25, 0.3) is 0 Å². The molecule has 0 bridgehead atoms. The van der Waals surface area contributed by atoms with Gasteiger partial charge in [-0.1, -0.05) is 19.8 Å². The summed E-state index contributed by atoms with van der Waals surface area (Å²) in [6.07, 6.45) is 5.17. The van der Waals surface area contributed by atoms with Crippen molar-refractivity contribution >= 4 is 10.0 Å². The maximum absolute atomic E-state index is 11.7.